The number of amides is 2. The molecule has 0 atom stereocenters. The summed E-state index contributed by atoms with van der Waals surface area (Å²) in [4.78, 5) is 35.2. The molecule has 3 heterocycles. The molecule has 42 heavy (non-hydrogen) atoms. The maximum absolute atomic E-state index is 14.3. The van der Waals surface area contributed by atoms with E-state index in [9.17, 15) is 19.1 Å². The largest absolute Gasteiger partial charge is 0.465 e. The lowest BCUT2D eigenvalue weighted by atomic mass is 10.1. The van der Waals surface area contributed by atoms with Crippen LogP contribution in [0.25, 0.3) is 21.8 Å². The quantitative estimate of drug-likeness (QED) is 0.134. The summed E-state index contributed by atoms with van der Waals surface area (Å²) in [6.45, 7) is 13.4. The van der Waals surface area contributed by atoms with Crippen LogP contribution in [0.5, 0.6) is 0 Å². The van der Waals surface area contributed by atoms with Gasteiger partial charge in [-0.2, -0.15) is 5.10 Å². The molecule has 0 bridgehead atoms. The van der Waals surface area contributed by atoms with Crippen LogP contribution in [0, 0.1) is 5.82 Å². The third-order valence-electron chi connectivity index (χ3n) is 6.23. The molecular weight excluding hydrogens is 596 g/mol. The van der Waals surface area contributed by atoms with E-state index in [-0.39, 0.29) is 12.2 Å². The highest BCUT2D eigenvalue weighted by Gasteiger charge is 2.27. The first kappa shape index (κ1) is 31.5. The second kappa shape index (κ2) is 12.8. The van der Waals surface area contributed by atoms with E-state index >= 15 is 0 Å². The molecule has 4 rings (SSSR count). The highest BCUT2D eigenvalue weighted by atomic mass is 32.1. The van der Waals surface area contributed by atoms with Crippen molar-refractivity contribution in [3.63, 3.8) is 0 Å². The zero-order chi connectivity index (χ0) is 30.7. The number of anilines is 1. The topological polar surface area (TPSA) is 122 Å². The van der Waals surface area contributed by atoms with E-state index in [0.717, 1.165) is 11.6 Å². The molecule has 0 aliphatic rings. The Morgan fingerprint density at radius 2 is 1.93 bits per heavy atom. The molecule has 224 valence electrons. The predicted octanol–water partition coefficient (Wildman–Crippen LogP) is 7.11. The SMILES string of the molecule is CC(C)(C)N(Cc1nc(-c2cc(F)ccc2NC(=O)c2csc(-c3cnn(COCC[Si](C)(C)C)c3)n2)cs1)C(=O)O. The minimum Gasteiger partial charge on any atom is -0.465 e. The summed E-state index contributed by atoms with van der Waals surface area (Å²) in [5, 5.41) is 21.3. The average molecular weight is 631 g/mol. The molecule has 14 heteroatoms. The van der Waals surface area contributed by atoms with Gasteiger partial charge in [0.15, 0.2) is 0 Å². The number of hydrogen-bond donors (Lipinski definition) is 2. The summed E-state index contributed by atoms with van der Waals surface area (Å²) in [6.07, 6.45) is 2.46. The Labute approximate surface area is 253 Å². The van der Waals surface area contributed by atoms with Crippen LogP contribution in [0.1, 0.15) is 36.3 Å². The van der Waals surface area contributed by atoms with Crippen molar-refractivity contribution in [1.29, 1.82) is 0 Å². The highest BCUT2D eigenvalue weighted by Crippen LogP contribution is 2.32. The van der Waals surface area contributed by atoms with E-state index in [4.69, 9.17) is 4.74 Å². The molecule has 1 aromatic carbocycles. The number of nitrogens with zero attached hydrogens (tertiary/aromatic N) is 5. The van der Waals surface area contributed by atoms with Crippen molar-refractivity contribution in [3.8, 4) is 21.8 Å². The number of benzene rings is 1. The van der Waals surface area contributed by atoms with Crippen LogP contribution in [0.2, 0.25) is 25.7 Å². The summed E-state index contributed by atoms with van der Waals surface area (Å²) in [6, 6.07) is 5.09. The van der Waals surface area contributed by atoms with E-state index < -0.39 is 31.4 Å². The molecule has 0 radical (unpaired) electrons. The van der Waals surface area contributed by atoms with Gasteiger partial charge in [-0.25, -0.2) is 23.8 Å². The maximum Gasteiger partial charge on any atom is 0.408 e. The van der Waals surface area contributed by atoms with Gasteiger partial charge >= 0.3 is 6.09 Å². The Morgan fingerprint density at radius 1 is 1.17 bits per heavy atom. The molecule has 0 aliphatic heterocycles. The second-order valence-electron chi connectivity index (χ2n) is 12.0. The Bertz CT molecular complexity index is 1560. The van der Waals surface area contributed by atoms with Crippen molar-refractivity contribution in [2.45, 2.75) is 65.3 Å². The number of thiazole rings is 2. The van der Waals surface area contributed by atoms with E-state index in [0.29, 0.717) is 40.3 Å². The standard InChI is InChI=1S/C28H35FN6O4S2Si/c1-28(2,3)35(27(37)38)14-24-31-22(15-40-24)20-11-19(29)7-8-21(20)32-25(36)23-16-41-26(33-23)18-12-30-34(13-18)17-39-9-10-42(4,5)6/h7-8,11-13,15-16H,9-10,14,17H2,1-6H3,(H,32,36)(H,37,38). The average Bonchev–Trinajstić information content (AvgIpc) is 3.65. The number of carbonyl (C=O) groups is 2. The summed E-state index contributed by atoms with van der Waals surface area (Å²) in [5.74, 6) is -0.940. The Balaban J connectivity index is 1.45. The Hall–Kier alpha value is -3.46. The minimum atomic E-state index is -1.16. The van der Waals surface area contributed by atoms with Gasteiger partial charge in [-0.05, 0) is 45.0 Å². The van der Waals surface area contributed by atoms with Crippen LogP contribution in [0.15, 0.2) is 41.4 Å². The molecular formula is C28H35FN6O4S2Si. The van der Waals surface area contributed by atoms with Gasteiger partial charge in [0, 0.05) is 48.3 Å². The number of halogens is 1. The molecule has 0 saturated heterocycles. The number of nitrogens with one attached hydrogen (secondary N) is 1. The van der Waals surface area contributed by atoms with Gasteiger partial charge in [-0.15, -0.1) is 22.7 Å². The third kappa shape index (κ3) is 8.31. The number of ether oxygens (including phenoxy) is 1. The fraction of sp³-hybridized carbons (Fsp3) is 0.393. The number of hydrogen-bond acceptors (Lipinski definition) is 8. The van der Waals surface area contributed by atoms with E-state index in [2.05, 4.69) is 40.0 Å². The maximum atomic E-state index is 14.3. The van der Waals surface area contributed by atoms with Gasteiger partial charge in [0.05, 0.1) is 24.1 Å². The fourth-order valence-electron chi connectivity index (χ4n) is 3.85. The Kier molecular flexibility index (Phi) is 9.60. The normalized spacial score (nSPS) is 12.0. The smallest absolute Gasteiger partial charge is 0.408 e. The van der Waals surface area contributed by atoms with E-state index in [1.807, 2.05) is 6.20 Å². The lowest BCUT2D eigenvalue weighted by Crippen LogP contribution is -2.44. The molecule has 0 aliphatic carbocycles. The van der Waals surface area contributed by atoms with Gasteiger partial charge in [0.2, 0.25) is 0 Å². The van der Waals surface area contributed by atoms with Gasteiger partial charge in [-0.1, -0.05) is 19.6 Å². The van der Waals surface area contributed by atoms with Crippen LogP contribution in [0.3, 0.4) is 0 Å². The number of carbonyl (C=O) groups excluding carboxylic acids is 1. The zero-order valence-corrected chi connectivity index (χ0v) is 27.1. The fourth-order valence-corrected chi connectivity index (χ4v) is 6.16. The monoisotopic (exact) mass is 630 g/mol. The van der Waals surface area contributed by atoms with Crippen LogP contribution in [-0.2, 0) is 18.0 Å². The highest BCUT2D eigenvalue weighted by molar-refractivity contribution is 7.13. The van der Waals surface area contributed by atoms with Crippen molar-refractivity contribution in [3.05, 3.63) is 57.9 Å². The van der Waals surface area contributed by atoms with Crippen LogP contribution in [-0.4, -0.2) is 62.0 Å². The summed E-state index contributed by atoms with van der Waals surface area (Å²) in [7, 11) is -1.16. The van der Waals surface area contributed by atoms with E-state index in [1.165, 1.54) is 45.8 Å². The van der Waals surface area contributed by atoms with Gasteiger partial charge in [0.1, 0.15) is 28.3 Å². The first-order valence-electron chi connectivity index (χ1n) is 13.3. The van der Waals surface area contributed by atoms with Crippen molar-refractivity contribution in [2.75, 3.05) is 11.9 Å². The number of carboxylic acid groups (broad SMARTS) is 1. The zero-order valence-electron chi connectivity index (χ0n) is 24.5. The molecule has 0 fully saturated rings. The molecule has 10 nitrogen and oxygen atoms in total. The van der Waals surface area contributed by atoms with Crippen molar-refractivity contribution < 1.29 is 23.8 Å². The number of aromatic nitrogens is 4. The number of rotatable bonds is 11. The molecule has 0 unspecified atom stereocenters. The van der Waals surface area contributed by atoms with Gasteiger partial charge in [-0.3, -0.25) is 9.69 Å². The molecule has 2 amide bonds. The Morgan fingerprint density at radius 3 is 2.62 bits per heavy atom. The molecule has 4 aromatic rings. The first-order valence-corrected chi connectivity index (χ1v) is 18.8. The van der Waals surface area contributed by atoms with Crippen molar-refractivity contribution in [2.24, 2.45) is 0 Å². The van der Waals surface area contributed by atoms with Crippen LogP contribution in [0.4, 0.5) is 14.9 Å². The van der Waals surface area contributed by atoms with Crippen LogP contribution >= 0.6 is 22.7 Å². The molecule has 2 N–H and O–H groups in total. The minimum absolute atomic E-state index is 0.0866. The molecule has 0 spiro atoms. The van der Waals surface area contributed by atoms with Crippen molar-refractivity contribution >= 4 is 48.4 Å². The molecule has 3 aromatic heterocycles. The van der Waals surface area contributed by atoms with Gasteiger partial charge < -0.3 is 15.2 Å². The first-order chi connectivity index (χ1) is 19.7. The molecule has 0 saturated carbocycles. The van der Waals surface area contributed by atoms with Crippen molar-refractivity contribution in [1.82, 2.24) is 24.6 Å². The third-order valence-corrected chi connectivity index (χ3v) is 9.66. The van der Waals surface area contributed by atoms with Gasteiger partial charge in [0.25, 0.3) is 5.91 Å². The lowest BCUT2D eigenvalue weighted by molar-refractivity contribution is 0.0786. The summed E-state index contributed by atoms with van der Waals surface area (Å²) < 4.78 is 21.7. The second-order valence-corrected chi connectivity index (χ2v) is 19.4. The lowest BCUT2D eigenvalue weighted by Gasteiger charge is -2.32. The van der Waals surface area contributed by atoms with Crippen LogP contribution < -0.4 is 5.32 Å². The van der Waals surface area contributed by atoms with E-state index in [1.54, 1.807) is 42.4 Å². The predicted molar refractivity (Wildman–Crippen MR) is 166 cm³/mol. The summed E-state index contributed by atoms with van der Waals surface area (Å²) >= 11 is 2.59. The summed E-state index contributed by atoms with van der Waals surface area (Å²) in [5.41, 5.74) is 1.54.